The Morgan fingerprint density at radius 2 is 2.00 bits per heavy atom. The van der Waals surface area contributed by atoms with Crippen LogP contribution in [0, 0.1) is 0 Å². The third-order valence-electron chi connectivity index (χ3n) is 3.61. The topological polar surface area (TPSA) is 29.5 Å². The molecule has 1 aromatic heterocycles. The van der Waals surface area contributed by atoms with Gasteiger partial charge in [-0.05, 0) is 50.8 Å². The van der Waals surface area contributed by atoms with Gasteiger partial charge in [0.15, 0.2) is 0 Å². The van der Waals surface area contributed by atoms with Gasteiger partial charge in [-0.15, -0.1) is 11.3 Å². The van der Waals surface area contributed by atoms with E-state index >= 15 is 0 Å². The van der Waals surface area contributed by atoms with Gasteiger partial charge in [-0.25, -0.2) is 0 Å². The van der Waals surface area contributed by atoms with Gasteiger partial charge >= 0.3 is 0 Å². The van der Waals surface area contributed by atoms with Gasteiger partial charge in [0, 0.05) is 15.3 Å². The molecule has 106 valence electrons. The van der Waals surface area contributed by atoms with Crippen molar-refractivity contribution >= 4 is 11.3 Å². The summed E-state index contributed by atoms with van der Waals surface area (Å²) in [5.41, 5.74) is 2.28. The first-order valence-electron chi connectivity index (χ1n) is 7.20. The number of benzene rings is 1. The molecule has 3 heteroatoms. The highest BCUT2D eigenvalue weighted by Gasteiger charge is 2.22. The van der Waals surface area contributed by atoms with Crippen molar-refractivity contribution in [1.82, 2.24) is 0 Å². The maximum absolute atomic E-state index is 10.7. The molecule has 0 spiro atoms. The maximum Gasteiger partial charge on any atom is 0.125 e. The van der Waals surface area contributed by atoms with Crippen LogP contribution in [0.5, 0.6) is 5.75 Å². The number of hydrogen-bond donors (Lipinski definition) is 1. The third kappa shape index (κ3) is 2.60. The molecule has 0 aliphatic heterocycles. The van der Waals surface area contributed by atoms with Gasteiger partial charge < -0.3 is 9.84 Å². The Balaban J connectivity index is 1.91. The van der Waals surface area contributed by atoms with Gasteiger partial charge in [-0.3, -0.25) is 0 Å². The molecule has 3 rings (SSSR count). The predicted octanol–water partition coefficient (Wildman–Crippen LogP) is 4.11. The van der Waals surface area contributed by atoms with Crippen LogP contribution in [0.25, 0.3) is 0 Å². The maximum atomic E-state index is 10.7. The van der Waals surface area contributed by atoms with Gasteiger partial charge in [0.2, 0.25) is 0 Å². The fourth-order valence-electron chi connectivity index (χ4n) is 2.71. The number of thiophene rings is 1. The van der Waals surface area contributed by atoms with E-state index in [-0.39, 0.29) is 6.10 Å². The summed E-state index contributed by atoms with van der Waals surface area (Å²) < 4.78 is 5.81. The van der Waals surface area contributed by atoms with Crippen LogP contribution in [0.4, 0.5) is 0 Å². The van der Waals surface area contributed by atoms with Crippen LogP contribution in [-0.2, 0) is 12.8 Å². The first-order chi connectivity index (χ1) is 9.65. The van der Waals surface area contributed by atoms with Crippen LogP contribution >= 0.6 is 11.3 Å². The molecular weight excluding hydrogens is 268 g/mol. The standard InChI is InChI=1S/C17H20O2S/c1-11(2)19-14-8-4-3-7-13(14)17(18)16-10-12-6-5-9-15(12)20-16/h3-4,7-8,10-11,17-18H,5-6,9H2,1-2H3. The second-order valence-corrected chi connectivity index (χ2v) is 6.73. The van der Waals surface area contributed by atoms with Crippen molar-refractivity contribution in [3.8, 4) is 5.75 Å². The van der Waals surface area contributed by atoms with E-state index in [4.69, 9.17) is 4.74 Å². The van der Waals surface area contributed by atoms with E-state index in [0.717, 1.165) is 29.0 Å². The molecule has 1 aliphatic rings. The molecular formula is C17H20O2S. The summed E-state index contributed by atoms with van der Waals surface area (Å²) >= 11 is 1.75. The van der Waals surface area contributed by atoms with Crippen LogP contribution in [0.2, 0.25) is 0 Å². The first kappa shape index (κ1) is 13.7. The molecule has 1 aliphatic carbocycles. The van der Waals surface area contributed by atoms with E-state index in [9.17, 15) is 5.11 Å². The smallest absolute Gasteiger partial charge is 0.125 e. The molecule has 0 radical (unpaired) electrons. The lowest BCUT2D eigenvalue weighted by molar-refractivity contribution is 0.200. The third-order valence-corrected chi connectivity index (χ3v) is 4.90. The zero-order valence-electron chi connectivity index (χ0n) is 11.9. The average molecular weight is 288 g/mol. The summed E-state index contributed by atoms with van der Waals surface area (Å²) in [5.74, 6) is 0.781. The van der Waals surface area contributed by atoms with Crippen molar-refractivity contribution in [2.75, 3.05) is 0 Å². The Kier molecular flexibility index (Phi) is 3.81. The van der Waals surface area contributed by atoms with Gasteiger partial charge in [0.05, 0.1) is 6.10 Å². The summed E-state index contributed by atoms with van der Waals surface area (Å²) in [4.78, 5) is 2.48. The highest BCUT2D eigenvalue weighted by molar-refractivity contribution is 7.12. The summed E-state index contributed by atoms with van der Waals surface area (Å²) in [6, 6.07) is 9.95. The lowest BCUT2D eigenvalue weighted by Crippen LogP contribution is -2.09. The van der Waals surface area contributed by atoms with Crippen molar-refractivity contribution in [3.63, 3.8) is 0 Å². The number of ether oxygens (including phenoxy) is 1. The average Bonchev–Trinajstić information content (AvgIpc) is 2.98. The van der Waals surface area contributed by atoms with Crippen LogP contribution < -0.4 is 4.74 Å². The minimum absolute atomic E-state index is 0.108. The van der Waals surface area contributed by atoms with Gasteiger partial charge in [0.1, 0.15) is 11.9 Å². The number of fused-ring (bicyclic) bond motifs is 1. The number of hydrogen-bond acceptors (Lipinski definition) is 3. The number of para-hydroxylation sites is 1. The van der Waals surface area contributed by atoms with Gasteiger partial charge in [0.25, 0.3) is 0 Å². The zero-order valence-corrected chi connectivity index (χ0v) is 12.7. The molecule has 0 saturated heterocycles. The molecule has 0 amide bonds. The molecule has 1 aromatic carbocycles. The van der Waals surface area contributed by atoms with Crippen molar-refractivity contribution < 1.29 is 9.84 Å². The van der Waals surface area contributed by atoms with E-state index in [2.05, 4.69) is 6.07 Å². The van der Waals surface area contributed by atoms with Crippen LogP contribution in [0.3, 0.4) is 0 Å². The van der Waals surface area contributed by atoms with Crippen LogP contribution in [0.1, 0.15) is 47.3 Å². The molecule has 0 saturated carbocycles. The number of aliphatic hydroxyl groups is 1. The van der Waals surface area contributed by atoms with Crippen LogP contribution in [-0.4, -0.2) is 11.2 Å². The van der Waals surface area contributed by atoms with E-state index in [1.165, 1.54) is 16.9 Å². The van der Waals surface area contributed by atoms with Crippen LogP contribution in [0.15, 0.2) is 30.3 Å². The molecule has 20 heavy (non-hydrogen) atoms. The normalized spacial score (nSPS) is 15.4. The molecule has 0 bridgehead atoms. The predicted molar refractivity (Wildman–Crippen MR) is 82.6 cm³/mol. The molecule has 1 unspecified atom stereocenters. The van der Waals surface area contributed by atoms with Gasteiger partial charge in [-0.2, -0.15) is 0 Å². The van der Waals surface area contributed by atoms with E-state index in [1.807, 2.05) is 38.1 Å². The SMILES string of the molecule is CC(C)Oc1ccccc1C(O)c1cc2c(s1)CCC2. The Morgan fingerprint density at radius 1 is 1.20 bits per heavy atom. The quantitative estimate of drug-likeness (QED) is 0.917. The fraction of sp³-hybridized carbons (Fsp3) is 0.412. The Morgan fingerprint density at radius 3 is 2.75 bits per heavy atom. The first-order valence-corrected chi connectivity index (χ1v) is 8.02. The monoisotopic (exact) mass is 288 g/mol. The number of aryl methyl sites for hydroxylation is 2. The highest BCUT2D eigenvalue weighted by Crippen LogP contribution is 2.38. The molecule has 1 atom stereocenters. The van der Waals surface area contributed by atoms with Crippen molar-refractivity contribution in [2.45, 2.75) is 45.3 Å². The summed E-state index contributed by atoms with van der Waals surface area (Å²) in [6.45, 7) is 4.01. The molecule has 1 N–H and O–H groups in total. The highest BCUT2D eigenvalue weighted by atomic mass is 32.1. The van der Waals surface area contributed by atoms with Gasteiger partial charge in [-0.1, -0.05) is 18.2 Å². The van der Waals surface area contributed by atoms with E-state index in [1.54, 1.807) is 11.3 Å². The number of rotatable bonds is 4. The Labute approximate surface area is 124 Å². The molecule has 2 aromatic rings. The van der Waals surface area contributed by atoms with E-state index in [0.29, 0.717) is 0 Å². The molecule has 2 nitrogen and oxygen atoms in total. The Bertz CT molecular complexity index is 579. The zero-order chi connectivity index (χ0) is 14.1. The minimum atomic E-state index is -0.583. The largest absolute Gasteiger partial charge is 0.491 e. The number of aliphatic hydroxyl groups excluding tert-OH is 1. The Hall–Kier alpha value is -1.32. The lowest BCUT2D eigenvalue weighted by Gasteiger charge is -2.17. The molecule has 0 fully saturated rings. The molecule has 1 heterocycles. The summed E-state index contributed by atoms with van der Waals surface area (Å²) in [7, 11) is 0. The fourth-order valence-corrected chi connectivity index (χ4v) is 3.97. The van der Waals surface area contributed by atoms with E-state index < -0.39 is 6.10 Å². The van der Waals surface area contributed by atoms with Crippen molar-refractivity contribution in [2.24, 2.45) is 0 Å². The summed E-state index contributed by atoms with van der Waals surface area (Å²) in [6.07, 6.45) is 3.10. The second-order valence-electron chi connectivity index (χ2n) is 5.56. The second kappa shape index (κ2) is 5.58. The van der Waals surface area contributed by atoms with Crippen molar-refractivity contribution in [1.29, 1.82) is 0 Å². The minimum Gasteiger partial charge on any atom is -0.491 e. The summed E-state index contributed by atoms with van der Waals surface area (Å²) in [5, 5.41) is 10.7. The van der Waals surface area contributed by atoms with Crippen molar-refractivity contribution in [3.05, 3.63) is 51.2 Å². The lowest BCUT2D eigenvalue weighted by atomic mass is 10.1.